The van der Waals surface area contributed by atoms with Crippen LogP contribution in [0.3, 0.4) is 0 Å². The minimum absolute atomic E-state index is 0.593. The minimum atomic E-state index is 0.593. The third-order valence-electron chi connectivity index (χ3n) is 3.04. The number of allylic oxidation sites excluding steroid dienone is 1. The van der Waals surface area contributed by atoms with Gasteiger partial charge in [-0.25, -0.2) is 0 Å². The van der Waals surface area contributed by atoms with Gasteiger partial charge in [-0.1, -0.05) is 42.2 Å². The Kier molecular flexibility index (Phi) is 4.72. The van der Waals surface area contributed by atoms with Gasteiger partial charge >= 0.3 is 0 Å². The Balaban J connectivity index is 2.18. The van der Waals surface area contributed by atoms with E-state index in [0.29, 0.717) is 18.3 Å². The van der Waals surface area contributed by atoms with Gasteiger partial charge in [-0.2, -0.15) is 0 Å². The van der Waals surface area contributed by atoms with Crippen LogP contribution in [0, 0.1) is 5.92 Å². The van der Waals surface area contributed by atoms with E-state index in [2.05, 4.69) is 42.3 Å². The lowest BCUT2D eigenvalue weighted by Gasteiger charge is -2.16. The minimum Gasteiger partial charge on any atom is -0.384 e. The summed E-state index contributed by atoms with van der Waals surface area (Å²) in [6.45, 7) is 2.89. The van der Waals surface area contributed by atoms with Gasteiger partial charge in [0.25, 0.3) is 0 Å². The smallest absolute Gasteiger partial charge is 0.125 e. The molecule has 96 valence electrons. The number of halogens is 1. The standard InChI is InChI=1S/C14H17ClN2S/c1-10-2-3-12-9-13(5-4-11(12)8-10)14(16)17-6-7-18-15/h2-5,9-10H,6-8H2,1H3,(H2,16,17). The first-order chi connectivity index (χ1) is 8.70. The first kappa shape index (κ1) is 13.5. The van der Waals surface area contributed by atoms with Crippen molar-refractivity contribution in [3.8, 4) is 0 Å². The number of nitrogens with zero attached hydrogens (tertiary/aromatic N) is 1. The molecule has 1 aromatic carbocycles. The van der Waals surface area contributed by atoms with Crippen molar-refractivity contribution in [2.75, 3.05) is 12.3 Å². The maximum Gasteiger partial charge on any atom is 0.125 e. The van der Waals surface area contributed by atoms with Crippen molar-refractivity contribution in [1.29, 1.82) is 0 Å². The van der Waals surface area contributed by atoms with E-state index in [4.69, 9.17) is 16.4 Å². The summed E-state index contributed by atoms with van der Waals surface area (Å²) in [5.41, 5.74) is 9.61. The molecular weight excluding hydrogens is 264 g/mol. The van der Waals surface area contributed by atoms with Crippen molar-refractivity contribution in [3.63, 3.8) is 0 Å². The highest BCUT2D eigenvalue weighted by atomic mass is 35.7. The van der Waals surface area contributed by atoms with Crippen LogP contribution < -0.4 is 5.73 Å². The van der Waals surface area contributed by atoms with Gasteiger partial charge in [0, 0.05) is 11.3 Å². The van der Waals surface area contributed by atoms with Crippen LogP contribution in [0.4, 0.5) is 0 Å². The summed E-state index contributed by atoms with van der Waals surface area (Å²) >= 11 is 0. The molecule has 1 aliphatic rings. The highest BCUT2D eigenvalue weighted by molar-refractivity contribution is 8.21. The van der Waals surface area contributed by atoms with Crippen molar-refractivity contribution < 1.29 is 0 Å². The van der Waals surface area contributed by atoms with Gasteiger partial charge in [0.1, 0.15) is 5.84 Å². The molecule has 0 bridgehead atoms. The molecule has 0 aliphatic heterocycles. The van der Waals surface area contributed by atoms with E-state index in [0.717, 1.165) is 17.7 Å². The molecule has 1 unspecified atom stereocenters. The average Bonchev–Trinajstić information content (AvgIpc) is 2.38. The molecule has 1 atom stereocenters. The Morgan fingerprint density at radius 2 is 2.39 bits per heavy atom. The Hall–Kier alpha value is -0.930. The molecule has 2 N–H and O–H groups in total. The van der Waals surface area contributed by atoms with E-state index in [9.17, 15) is 0 Å². The lowest BCUT2D eigenvalue weighted by Crippen LogP contribution is -2.15. The van der Waals surface area contributed by atoms with E-state index >= 15 is 0 Å². The number of nitrogens with two attached hydrogens (primary N) is 1. The summed E-state index contributed by atoms with van der Waals surface area (Å²) in [6, 6.07) is 6.32. The predicted molar refractivity (Wildman–Crippen MR) is 82.2 cm³/mol. The van der Waals surface area contributed by atoms with Gasteiger partial charge in [-0.3, -0.25) is 4.99 Å². The highest BCUT2D eigenvalue weighted by Gasteiger charge is 2.11. The first-order valence-corrected chi connectivity index (χ1v) is 7.87. The number of rotatable bonds is 4. The fourth-order valence-electron chi connectivity index (χ4n) is 2.07. The largest absolute Gasteiger partial charge is 0.384 e. The maximum absolute atomic E-state index is 5.97. The van der Waals surface area contributed by atoms with Crippen molar-refractivity contribution in [3.05, 3.63) is 41.0 Å². The molecule has 0 saturated heterocycles. The third kappa shape index (κ3) is 3.30. The number of amidine groups is 1. The lowest BCUT2D eigenvalue weighted by atomic mass is 9.89. The Labute approximate surface area is 117 Å². The fourth-order valence-corrected chi connectivity index (χ4v) is 2.44. The van der Waals surface area contributed by atoms with Crippen LogP contribution >= 0.6 is 21.7 Å². The van der Waals surface area contributed by atoms with Crippen LogP contribution in [0.25, 0.3) is 6.08 Å². The molecule has 2 rings (SSSR count). The number of benzene rings is 1. The van der Waals surface area contributed by atoms with Gasteiger partial charge < -0.3 is 5.73 Å². The van der Waals surface area contributed by atoms with Crippen LogP contribution in [0.5, 0.6) is 0 Å². The molecule has 0 amide bonds. The lowest BCUT2D eigenvalue weighted by molar-refractivity contribution is 0.717. The number of hydrogen-bond acceptors (Lipinski definition) is 2. The monoisotopic (exact) mass is 280 g/mol. The fraction of sp³-hybridized carbons (Fsp3) is 0.357. The summed E-state index contributed by atoms with van der Waals surface area (Å²) in [5, 5.41) is 0. The molecule has 0 radical (unpaired) electrons. The second-order valence-electron chi connectivity index (χ2n) is 4.53. The van der Waals surface area contributed by atoms with Crippen molar-refractivity contribution >= 4 is 33.6 Å². The zero-order valence-corrected chi connectivity index (χ0v) is 12.0. The summed E-state index contributed by atoms with van der Waals surface area (Å²) in [7, 11) is 6.80. The van der Waals surface area contributed by atoms with Crippen LogP contribution in [0.2, 0.25) is 0 Å². The second kappa shape index (κ2) is 6.30. The molecule has 0 fully saturated rings. The Bertz CT molecular complexity index is 483. The topological polar surface area (TPSA) is 38.4 Å². The van der Waals surface area contributed by atoms with Gasteiger partial charge in [-0.15, -0.1) is 0 Å². The van der Waals surface area contributed by atoms with E-state index < -0.39 is 0 Å². The van der Waals surface area contributed by atoms with E-state index in [-0.39, 0.29) is 0 Å². The van der Waals surface area contributed by atoms with Crippen molar-refractivity contribution in [2.45, 2.75) is 13.3 Å². The molecule has 2 nitrogen and oxygen atoms in total. The second-order valence-corrected chi connectivity index (χ2v) is 5.82. The number of fused-ring (bicyclic) bond motifs is 1. The van der Waals surface area contributed by atoms with Crippen molar-refractivity contribution in [1.82, 2.24) is 0 Å². The third-order valence-corrected chi connectivity index (χ3v) is 3.84. The molecule has 0 aromatic heterocycles. The van der Waals surface area contributed by atoms with E-state index in [1.165, 1.54) is 22.1 Å². The van der Waals surface area contributed by atoms with Crippen LogP contribution in [-0.2, 0) is 6.42 Å². The van der Waals surface area contributed by atoms with Crippen LogP contribution in [0.15, 0.2) is 29.3 Å². The van der Waals surface area contributed by atoms with Crippen molar-refractivity contribution in [2.24, 2.45) is 16.6 Å². The van der Waals surface area contributed by atoms with Gasteiger partial charge in [0.15, 0.2) is 0 Å². The van der Waals surface area contributed by atoms with Crippen LogP contribution in [0.1, 0.15) is 23.6 Å². The Morgan fingerprint density at radius 1 is 1.56 bits per heavy atom. The quantitative estimate of drug-likeness (QED) is 0.521. The van der Waals surface area contributed by atoms with E-state index in [1.807, 2.05) is 0 Å². The molecule has 0 heterocycles. The SMILES string of the molecule is CC1C=Cc2cc(C(N)=NCCSCl)ccc2C1. The average molecular weight is 281 g/mol. The highest BCUT2D eigenvalue weighted by Crippen LogP contribution is 2.23. The molecule has 1 aromatic rings. The summed E-state index contributed by atoms with van der Waals surface area (Å²) in [6.07, 6.45) is 5.52. The zero-order chi connectivity index (χ0) is 13.0. The molecule has 0 saturated carbocycles. The number of aliphatic imine (C=N–C) groups is 1. The predicted octanol–water partition coefficient (Wildman–Crippen LogP) is 3.48. The van der Waals surface area contributed by atoms with Gasteiger partial charge in [0.2, 0.25) is 0 Å². The molecule has 0 spiro atoms. The zero-order valence-electron chi connectivity index (χ0n) is 10.4. The number of hydrogen-bond donors (Lipinski definition) is 1. The first-order valence-electron chi connectivity index (χ1n) is 6.05. The van der Waals surface area contributed by atoms with Gasteiger partial charge in [0.05, 0.1) is 6.54 Å². The summed E-state index contributed by atoms with van der Waals surface area (Å²) in [4.78, 5) is 4.31. The summed E-state index contributed by atoms with van der Waals surface area (Å²) in [5.74, 6) is 2.00. The van der Waals surface area contributed by atoms with E-state index in [1.54, 1.807) is 0 Å². The normalized spacial score (nSPS) is 18.8. The Morgan fingerprint density at radius 3 is 3.17 bits per heavy atom. The molecular formula is C14H17ClN2S. The summed E-state index contributed by atoms with van der Waals surface area (Å²) < 4.78 is 0. The van der Waals surface area contributed by atoms with Crippen LogP contribution in [-0.4, -0.2) is 18.1 Å². The maximum atomic E-state index is 5.97. The van der Waals surface area contributed by atoms with Gasteiger partial charge in [-0.05, 0) is 40.2 Å². The molecule has 18 heavy (non-hydrogen) atoms. The molecule has 1 aliphatic carbocycles. The molecule has 4 heteroatoms.